The Morgan fingerprint density at radius 2 is 1.79 bits per heavy atom. The number of nitrogens with zero attached hydrogens (tertiary/aromatic N) is 1. The van der Waals surface area contributed by atoms with Crippen LogP contribution in [0.5, 0.6) is 5.75 Å². The molecular formula is C24H16ClFN2O3S2. The van der Waals surface area contributed by atoms with Gasteiger partial charge in [0.15, 0.2) is 10.9 Å². The SMILES string of the molecule is O=C(COc1ccc(/C=C2\SC(=S)N(c3ccc(F)cc3)C2=O)cc1)Nc1ccccc1Cl. The molecule has 0 aromatic heterocycles. The van der Waals surface area contributed by atoms with Gasteiger partial charge in [0.2, 0.25) is 0 Å². The van der Waals surface area contributed by atoms with Crippen molar-refractivity contribution in [2.45, 2.75) is 0 Å². The number of carbonyl (C=O) groups excluding carboxylic acids is 2. The molecule has 0 atom stereocenters. The number of amides is 2. The molecule has 2 amide bonds. The van der Waals surface area contributed by atoms with Crippen LogP contribution in [0.2, 0.25) is 5.02 Å². The monoisotopic (exact) mass is 498 g/mol. The normalized spacial score (nSPS) is 14.6. The molecule has 0 spiro atoms. The molecule has 1 saturated heterocycles. The van der Waals surface area contributed by atoms with Gasteiger partial charge in [0.25, 0.3) is 11.8 Å². The predicted octanol–water partition coefficient (Wildman–Crippen LogP) is 5.90. The Morgan fingerprint density at radius 3 is 2.48 bits per heavy atom. The third-order valence-corrected chi connectivity index (χ3v) is 6.21. The highest BCUT2D eigenvalue weighted by Crippen LogP contribution is 2.36. The minimum atomic E-state index is -0.386. The van der Waals surface area contributed by atoms with Crippen LogP contribution in [0, 0.1) is 5.82 Å². The number of nitrogens with one attached hydrogen (secondary N) is 1. The first-order valence-electron chi connectivity index (χ1n) is 9.71. The summed E-state index contributed by atoms with van der Waals surface area (Å²) in [6, 6.07) is 19.5. The predicted molar refractivity (Wildman–Crippen MR) is 134 cm³/mol. The number of hydrogen-bond donors (Lipinski definition) is 1. The molecule has 9 heteroatoms. The Balaban J connectivity index is 1.37. The van der Waals surface area contributed by atoms with E-state index in [9.17, 15) is 14.0 Å². The van der Waals surface area contributed by atoms with Gasteiger partial charge in [0.05, 0.1) is 21.3 Å². The molecule has 0 unspecified atom stereocenters. The number of anilines is 2. The third kappa shape index (κ3) is 5.60. The van der Waals surface area contributed by atoms with E-state index in [-0.39, 0.29) is 24.2 Å². The highest BCUT2D eigenvalue weighted by Gasteiger charge is 2.33. The van der Waals surface area contributed by atoms with Gasteiger partial charge < -0.3 is 10.1 Å². The highest BCUT2D eigenvalue weighted by atomic mass is 35.5. The zero-order chi connectivity index (χ0) is 23.4. The summed E-state index contributed by atoms with van der Waals surface area (Å²) in [5, 5.41) is 3.13. The maximum atomic E-state index is 13.2. The van der Waals surface area contributed by atoms with Gasteiger partial charge in [-0.25, -0.2) is 4.39 Å². The van der Waals surface area contributed by atoms with E-state index in [1.807, 2.05) is 0 Å². The molecule has 0 bridgehead atoms. The van der Waals surface area contributed by atoms with Crippen molar-refractivity contribution >= 4 is 69.2 Å². The van der Waals surface area contributed by atoms with Crippen molar-refractivity contribution in [1.29, 1.82) is 0 Å². The second kappa shape index (κ2) is 10.2. The minimum Gasteiger partial charge on any atom is -0.484 e. The van der Waals surface area contributed by atoms with Crippen LogP contribution in [0.3, 0.4) is 0 Å². The first-order valence-corrected chi connectivity index (χ1v) is 11.3. The van der Waals surface area contributed by atoms with Crippen molar-refractivity contribution in [1.82, 2.24) is 0 Å². The van der Waals surface area contributed by atoms with Crippen LogP contribution in [0.4, 0.5) is 15.8 Å². The Hall–Kier alpha value is -3.20. The number of para-hydroxylation sites is 1. The van der Waals surface area contributed by atoms with Crippen molar-refractivity contribution < 1.29 is 18.7 Å². The number of benzene rings is 3. The third-order valence-electron chi connectivity index (χ3n) is 4.57. The zero-order valence-electron chi connectivity index (χ0n) is 17.0. The Bertz CT molecular complexity index is 1250. The fraction of sp³-hybridized carbons (Fsp3) is 0.0417. The summed E-state index contributed by atoms with van der Waals surface area (Å²) in [6.45, 7) is -0.180. The molecule has 1 heterocycles. The average Bonchev–Trinajstić information content (AvgIpc) is 3.08. The number of ether oxygens (including phenoxy) is 1. The van der Waals surface area contributed by atoms with Crippen LogP contribution in [0.1, 0.15) is 5.56 Å². The van der Waals surface area contributed by atoms with Gasteiger partial charge in [-0.15, -0.1) is 0 Å². The number of hydrogen-bond acceptors (Lipinski definition) is 5. The van der Waals surface area contributed by atoms with E-state index in [2.05, 4.69) is 5.32 Å². The lowest BCUT2D eigenvalue weighted by Crippen LogP contribution is -2.27. The standard InChI is InChI=1S/C24H16ClFN2O3S2/c25-19-3-1-2-4-20(19)27-22(29)14-31-18-11-5-15(6-12-18)13-21-23(30)28(24(32)33-21)17-9-7-16(26)8-10-17/h1-13H,14H2,(H,27,29)/b21-13-. The quantitative estimate of drug-likeness (QED) is 0.338. The van der Waals surface area contributed by atoms with Crippen LogP contribution in [0.25, 0.3) is 6.08 Å². The van der Waals surface area contributed by atoms with Crippen molar-refractivity contribution in [3.8, 4) is 5.75 Å². The summed E-state index contributed by atoms with van der Waals surface area (Å²) in [7, 11) is 0. The van der Waals surface area contributed by atoms with Crippen molar-refractivity contribution in [2.24, 2.45) is 0 Å². The van der Waals surface area contributed by atoms with E-state index in [0.29, 0.717) is 31.4 Å². The van der Waals surface area contributed by atoms with Gasteiger partial charge in [-0.2, -0.15) is 0 Å². The number of rotatable bonds is 6. The Kier molecular flexibility index (Phi) is 7.08. The fourth-order valence-corrected chi connectivity index (χ4v) is 4.47. The minimum absolute atomic E-state index is 0.180. The smallest absolute Gasteiger partial charge is 0.270 e. The van der Waals surface area contributed by atoms with E-state index in [4.69, 9.17) is 28.6 Å². The summed E-state index contributed by atoms with van der Waals surface area (Å²) >= 11 is 12.5. The fourth-order valence-electron chi connectivity index (χ4n) is 2.99. The number of thiocarbonyl (C=S) groups is 1. The zero-order valence-corrected chi connectivity index (χ0v) is 19.3. The molecule has 5 nitrogen and oxygen atoms in total. The second-order valence-corrected chi connectivity index (χ2v) is 8.96. The van der Waals surface area contributed by atoms with Gasteiger partial charge in [-0.05, 0) is 60.2 Å². The summed E-state index contributed by atoms with van der Waals surface area (Å²) in [5.74, 6) is -0.492. The van der Waals surface area contributed by atoms with Gasteiger partial charge >= 0.3 is 0 Å². The van der Waals surface area contributed by atoms with Crippen LogP contribution in [-0.2, 0) is 9.59 Å². The molecule has 0 aliphatic carbocycles. The summed E-state index contributed by atoms with van der Waals surface area (Å²) in [5.41, 5.74) is 1.80. The molecule has 3 aromatic rings. The van der Waals surface area contributed by atoms with Crippen molar-refractivity contribution in [3.63, 3.8) is 0 Å². The number of halogens is 2. The Labute approximate surface area is 204 Å². The molecule has 3 aromatic carbocycles. The number of carbonyl (C=O) groups is 2. The number of thioether (sulfide) groups is 1. The van der Waals surface area contributed by atoms with E-state index < -0.39 is 0 Å². The van der Waals surface area contributed by atoms with Crippen LogP contribution < -0.4 is 15.0 Å². The molecule has 0 radical (unpaired) electrons. The van der Waals surface area contributed by atoms with Crippen LogP contribution in [0.15, 0.2) is 77.7 Å². The van der Waals surface area contributed by atoms with Gasteiger partial charge in [-0.1, -0.05) is 59.8 Å². The molecule has 4 rings (SSSR count). The molecule has 0 saturated carbocycles. The molecule has 1 aliphatic heterocycles. The molecule has 166 valence electrons. The molecule has 1 aliphatic rings. The average molecular weight is 499 g/mol. The molecule has 1 fully saturated rings. The lowest BCUT2D eigenvalue weighted by atomic mass is 10.2. The lowest BCUT2D eigenvalue weighted by molar-refractivity contribution is -0.118. The topological polar surface area (TPSA) is 58.6 Å². The summed E-state index contributed by atoms with van der Waals surface area (Å²) < 4.78 is 19.1. The second-order valence-electron chi connectivity index (χ2n) is 6.88. The first kappa shape index (κ1) is 23.0. The maximum absolute atomic E-state index is 13.2. The molecular weight excluding hydrogens is 483 g/mol. The molecule has 1 N–H and O–H groups in total. The summed E-state index contributed by atoms with van der Waals surface area (Å²) in [4.78, 5) is 26.7. The van der Waals surface area contributed by atoms with E-state index in [0.717, 1.165) is 5.56 Å². The molecule has 33 heavy (non-hydrogen) atoms. The van der Waals surface area contributed by atoms with Gasteiger partial charge in [0, 0.05) is 0 Å². The van der Waals surface area contributed by atoms with E-state index in [1.54, 1.807) is 54.6 Å². The summed E-state index contributed by atoms with van der Waals surface area (Å²) in [6.07, 6.45) is 1.72. The van der Waals surface area contributed by atoms with E-state index in [1.165, 1.54) is 40.9 Å². The van der Waals surface area contributed by atoms with E-state index >= 15 is 0 Å². The lowest BCUT2D eigenvalue weighted by Gasteiger charge is -2.14. The largest absolute Gasteiger partial charge is 0.484 e. The van der Waals surface area contributed by atoms with Gasteiger partial charge in [-0.3, -0.25) is 14.5 Å². The van der Waals surface area contributed by atoms with Crippen molar-refractivity contribution in [2.75, 3.05) is 16.8 Å². The maximum Gasteiger partial charge on any atom is 0.270 e. The Morgan fingerprint density at radius 1 is 1.09 bits per heavy atom. The van der Waals surface area contributed by atoms with Gasteiger partial charge in [0.1, 0.15) is 11.6 Å². The van der Waals surface area contributed by atoms with Crippen molar-refractivity contribution in [3.05, 3.63) is 94.1 Å². The van der Waals surface area contributed by atoms with Crippen LogP contribution >= 0.6 is 35.6 Å². The highest BCUT2D eigenvalue weighted by molar-refractivity contribution is 8.27. The first-order chi connectivity index (χ1) is 15.9. The van der Waals surface area contributed by atoms with Crippen LogP contribution in [-0.4, -0.2) is 22.7 Å².